The van der Waals surface area contributed by atoms with Crippen LogP contribution in [-0.2, 0) is 0 Å². The van der Waals surface area contributed by atoms with Crippen LogP contribution >= 0.6 is 0 Å². The SMILES string of the molecule is CCCN1[SiH2]N[Si](CCC)(CCC)N(CCC)[Si]1(CCC)CCC. The standard InChI is InChI=1S/C18H45N3Si3/c1-7-13-20-22-19-23(15-9-3,16-10-4)21(14-8-2)24(20,17-11-5)18-12-6/h19H,7-18,22H2,1-6H3. The molecule has 0 saturated carbocycles. The van der Waals surface area contributed by atoms with Gasteiger partial charge in [0.25, 0.3) is 0 Å². The molecule has 0 aromatic rings. The van der Waals surface area contributed by atoms with Crippen LogP contribution in [0.1, 0.15) is 80.1 Å². The number of nitrogens with zero attached hydrogens (tertiary/aromatic N) is 2. The fourth-order valence-corrected chi connectivity index (χ4v) is 26.9. The van der Waals surface area contributed by atoms with Gasteiger partial charge >= 0.3 is 0 Å². The lowest BCUT2D eigenvalue weighted by Crippen LogP contribution is -2.85. The highest BCUT2D eigenvalue weighted by Crippen LogP contribution is 2.37. The number of hydrogen-bond donors (Lipinski definition) is 1. The Bertz CT molecular complexity index is 329. The van der Waals surface area contributed by atoms with E-state index in [2.05, 4.69) is 54.7 Å². The first-order valence-electron chi connectivity index (χ1n) is 10.9. The highest BCUT2D eigenvalue weighted by Gasteiger charge is 2.55. The molecular weight excluding hydrogens is 342 g/mol. The van der Waals surface area contributed by atoms with E-state index in [9.17, 15) is 0 Å². The third-order valence-electron chi connectivity index (χ3n) is 5.78. The van der Waals surface area contributed by atoms with E-state index in [0.717, 1.165) is 0 Å². The largest absolute Gasteiger partial charge is 0.341 e. The maximum absolute atomic E-state index is 4.34. The smallest absolute Gasteiger partial charge is 0.195 e. The maximum Gasteiger partial charge on any atom is 0.195 e. The Balaban J connectivity index is 3.36. The Labute approximate surface area is 157 Å². The minimum atomic E-state index is -1.47. The van der Waals surface area contributed by atoms with Gasteiger partial charge in [0.15, 0.2) is 26.6 Å². The van der Waals surface area contributed by atoms with Gasteiger partial charge in [-0.2, -0.15) is 0 Å². The van der Waals surface area contributed by atoms with Gasteiger partial charge in [-0.05, 0) is 50.1 Å². The van der Waals surface area contributed by atoms with Crippen molar-refractivity contribution in [1.82, 2.24) is 13.1 Å². The molecule has 0 bridgehead atoms. The lowest BCUT2D eigenvalue weighted by Gasteiger charge is -2.61. The Kier molecular flexibility index (Phi) is 10.6. The highest BCUT2D eigenvalue weighted by atomic mass is 28.5. The van der Waals surface area contributed by atoms with Crippen molar-refractivity contribution < 1.29 is 0 Å². The van der Waals surface area contributed by atoms with Crippen molar-refractivity contribution in [2.45, 2.75) is 104 Å². The molecule has 0 unspecified atom stereocenters. The molecule has 144 valence electrons. The lowest BCUT2D eigenvalue weighted by molar-refractivity contribution is 0.452. The van der Waals surface area contributed by atoms with Crippen LogP contribution in [0, 0.1) is 0 Å². The van der Waals surface area contributed by atoms with Gasteiger partial charge in [-0.25, -0.2) is 0 Å². The fourth-order valence-electron chi connectivity index (χ4n) is 5.17. The molecule has 1 rings (SSSR count). The van der Waals surface area contributed by atoms with Crippen molar-refractivity contribution in [3.8, 4) is 0 Å². The van der Waals surface area contributed by atoms with Gasteiger partial charge in [0.1, 0.15) is 0 Å². The summed E-state index contributed by atoms with van der Waals surface area (Å²) in [6.07, 6.45) is 8.14. The van der Waals surface area contributed by atoms with Crippen LogP contribution in [0.25, 0.3) is 0 Å². The molecule has 0 aromatic heterocycles. The summed E-state index contributed by atoms with van der Waals surface area (Å²) in [5, 5.41) is 0. The molecule has 0 aromatic carbocycles. The van der Waals surface area contributed by atoms with Gasteiger partial charge in [-0.15, -0.1) is 0 Å². The minimum absolute atomic E-state index is 0.262. The minimum Gasteiger partial charge on any atom is -0.341 e. The molecule has 0 spiro atoms. The van der Waals surface area contributed by atoms with Crippen LogP contribution in [-0.4, -0.2) is 48.2 Å². The van der Waals surface area contributed by atoms with Crippen LogP contribution in [0.2, 0.25) is 24.2 Å². The number of rotatable bonds is 12. The van der Waals surface area contributed by atoms with Gasteiger partial charge in [-0.1, -0.05) is 67.2 Å². The molecule has 24 heavy (non-hydrogen) atoms. The zero-order valence-corrected chi connectivity index (χ0v) is 21.0. The number of nitrogens with one attached hydrogen (secondary N) is 1. The first kappa shape index (κ1) is 22.6. The molecule has 0 amide bonds. The Morgan fingerprint density at radius 1 is 0.667 bits per heavy atom. The summed E-state index contributed by atoms with van der Waals surface area (Å²) in [7, 11) is -3.18. The van der Waals surface area contributed by atoms with Crippen molar-refractivity contribution in [2.24, 2.45) is 0 Å². The highest BCUT2D eigenvalue weighted by molar-refractivity contribution is 6.98. The van der Waals surface area contributed by atoms with E-state index in [1.165, 1.54) is 75.8 Å². The molecule has 1 aliphatic heterocycles. The summed E-state index contributed by atoms with van der Waals surface area (Å²) in [5.74, 6) is 0. The second kappa shape index (κ2) is 11.3. The van der Waals surface area contributed by atoms with Crippen LogP contribution < -0.4 is 4.65 Å². The van der Waals surface area contributed by atoms with Gasteiger partial charge in [0.05, 0.1) is 0 Å². The molecule has 1 N–H and O–H groups in total. The van der Waals surface area contributed by atoms with Crippen molar-refractivity contribution in [3.05, 3.63) is 0 Å². The molecule has 3 nitrogen and oxygen atoms in total. The van der Waals surface area contributed by atoms with E-state index < -0.39 is 16.8 Å². The van der Waals surface area contributed by atoms with Crippen molar-refractivity contribution in [3.63, 3.8) is 0 Å². The van der Waals surface area contributed by atoms with Crippen LogP contribution in [0.15, 0.2) is 0 Å². The summed E-state index contributed by atoms with van der Waals surface area (Å²) >= 11 is 0. The molecule has 0 radical (unpaired) electrons. The quantitative estimate of drug-likeness (QED) is 0.496. The molecule has 1 fully saturated rings. The molecule has 6 heteroatoms. The molecular formula is C18H45N3Si3. The van der Waals surface area contributed by atoms with E-state index >= 15 is 0 Å². The summed E-state index contributed by atoms with van der Waals surface area (Å²) < 4.78 is 10.7. The van der Waals surface area contributed by atoms with Crippen LogP contribution in [0.5, 0.6) is 0 Å². The normalized spacial score (nSPS) is 22.2. The van der Waals surface area contributed by atoms with Crippen LogP contribution in [0.3, 0.4) is 0 Å². The average molecular weight is 388 g/mol. The van der Waals surface area contributed by atoms with Crippen LogP contribution in [0.4, 0.5) is 0 Å². The molecule has 1 heterocycles. The van der Waals surface area contributed by atoms with E-state index in [-0.39, 0.29) is 9.84 Å². The molecule has 0 atom stereocenters. The monoisotopic (exact) mass is 387 g/mol. The van der Waals surface area contributed by atoms with Gasteiger partial charge in [0, 0.05) is 0 Å². The molecule has 0 aliphatic carbocycles. The summed E-state index contributed by atoms with van der Waals surface area (Å²) in [5.41, 5.74) is 0. The summed E-state index contributed by atoms with van der Waals surface area (Å²) in [4.78, 5) is 0. The van der Waals surface area contributed by atoms with Crippen molar-refractivity contribution in [1.29, 1.82) is 0 Å². The van der Waals surface area contributed by atoms with Crippen molar-refractivity contribution >= 4 is 26.6 Å². The van der Waals surface area contributed by atoms with Gasteiger partial charge < -0.3 is 13.1 Å². The van der Waals surface area contributed by atoms with Crippen molar-refractivity contribution in [2.75, 3.05) is 13.1 Å². The lowest BCUT2D eigenvalue weighted by atomic mass is 10.5. The maximum atomic E-state index is 4.34. The molecule has 1 aliphatic rings. The van der Waals surface area contributed by atoms with Gasteiger partial charge in [0.2, 0.25) is 0 Å². The number of hydrogen-bond acceptors (Lipinski definition) is 3. The predicted molar refractivity (Wildman–Crippen MR) is 118 cm³/mol. The first-order valence-corrected chi connectivity index (χ1v) is 16.9. The third-order valence-corrected chi connectivity index (χ3v) is 23.7. The third kappa shape index (κ3) is 4.82. The predicted octanol–water partition coefficient (Wildman–Crippen LogP) is 4.54. The van der Waals surface area contributed by atoms with E-state index in [0.29, 0.717) is 0 Å². The summed E-state index contributed by atoms with van der Waals surface area (Å²) in [6, 6.07) is 5.99. The summed E-state index contributed by atoms with van der Waals surface area (Å²) in [6.45, 7) is 17.2. The Morgan fingerprint density at radius 3 is 1.58 bits per heavy atom. The second-order valence-electron chi connectivity index (χ2n) is 7.76. The first-order chi connectivity index (χ1) is 11.6. The van der Waals surface area contributed by atoms with Gasteiger partial charge in [-0.3, -0.25) is 0 Å². The Morgan fingerprint density at radius 2 is 1.17 bits per heavy atom. The van der Waals surface area contributed by atoms with E-state index in [1.807, 2.05) is 0 Å². The Hall–Kier alpha value is 0.531. The molecule has 1 saturated heterocycles. The van der Waals surface area contributed by atoms with E-state index in [1.54, 1.807) is 0 Å². The fraction of sp³-hybridized carbons (Fsp3) is 1.00. The average Bonchev–Trinajstić information content (AvgIpc) is 2.55. The zero-order chi connectivity index (χ0) is 18.1. The topological polar surface area (TPSA) is 18.5 Å². The van der Waals surface area contributed by atoms with E-state index in [4.69, 9.17) is 0 Å². The second-order valence-corrected chi connectivity index (χ2v) is 19.1. The zero-order valence-electron chi connectivity index (χ0n) is 17.6.